The molecule has 1 heterocycles. The molecule has 3 N–H and O–H groups in total. The van der Waals surface area contributed by atoms with E-state index in [1.807, 2.05) is 49.6 Å². The highest BCUT2D eigenvalue weighted by Gasteiger charge is 2.18. The number of carbonyl (C=O) groups is 1. The smallest absolute Gasteiger partial charge is 0.242 e. The van der Waals surface area contributed by atoms with Crippen LogP contribution in [0, 0.1) is 6.92 Å². The molecule has 0 saturated heterocycles. The average Bonchev–Trinajstić information content (AvgIpc) is 2.91. The monoisotopic (exact) mass is 274 g/mol. The molecule has 0 aliphatic rings. The van der Waals surface area contributed by atoms with Gasteiger partial charge in [0.05, 0.1) is 6.04 Å². The van der Waals surface area contributed by atoms with Gasteiger partial charge in [0.15, 0.2) is 0 Å². The van der Waals surface area contributed by atoms with Gasteiger partial charge in [-0.1, -0.05) is 35.9 Å². The van der Waals surface area contributed by atoms with Gasteiger partial charge in [-0.3, -0.25) is 4.79 Å². The minimum Gasteiger partial charge on any atom is -0.348 e. The molecule has 0 bridgehead atoms. The van der Waals surface area contributed by atoms with E-state index < -0.39 is 6.04 Å². The van der Waals surface area contributed by atoms with Crippen molar-refractivity contribution in [3.8, 4) is 0 Å². The highest BCUT2D eigenvalue weighted by atomic mass is 32.1. The largest absolute Gasteiger partial charge is 0.348 e. The first kappa shape index (κ1) is 13.8. The zero-order valence-corrected chi connectivity index (χ0v) is 11.9. The summed E-state index contributed by atoms with van der Waals surface area (Å²) in [5, 5.41) is 4.88. The van der Waals surface area contributed by atoms with Crippen LogP contribution >= 0.6 is 11.3 Å². The summed E-state index contributed by atoms with van der Waals surface area (Å²) in [6.07, 6.45) is 0. The van der Waals surface area contributed by atoms with Gasteiger partial charge in [-0.2, -0.15) is 0 Å². The van der Waals surface area contributed by atoms with Gasteiger partial charge in [0.2, 0.25) is 5.91 Å². The Morgan fingerprint density at radius 2 is 2.11 bits per heavy atom. The Hall–Kier alpha value is -1.65. The number of nitrogens with one attached hydrogen (secondary N) is 1. The molecule has 0 aliphatic heterocycles. The fourth-order valence-electron chi connectivity index (χ4n) is 1.92. The van der Waals surface area contributed by atoms with E-state index in [0.717, 1.165) is 10.4 Å². The third-order valence-electron chi connectivity index (χ3n) is 3.03. The van der Waals surface area contributed by atoms with Gasteiger partial charge >= 0.3 is 0 Å². The quantitative estimate of drug-likeness (QED) is 0.900. The molecule has 19 heavy (non-hydrogen) atoms. The molecule has 2 rings (SSSR count). The highest BCUT2D eigenvalue weighted by molar-refractivity contribution is 7.10. The molecular weight excluding hydrogens is 256 g/mol. The summed E-state index contributed by atoms with van der Waals surface area (Å²) in [5.74, 6) is -0.142. The number of amides is 1. The molecule has 2 atom stereocenters. The summed E-state index contributed by atoms with van der Waals surface area (Å²) in [6.45, 7) is 4.00. The normalized spacial score (nSPS) is 13.8. The van der Waals surface area contributed by atoms with Gasteiger partial charge in [0.1, 0.15) is 6.04 Å². The molecule has 1 aromatic carbocycles. The lowest BCUT2D eigenvalue weighted by Crippen LogP contribution is -2.35. The third-order valence-corrected chi connectivity index (χ3v) is 3.99. The molecule has 100 valence electrons. The second-order valence-corrected chi connectivity index (χ2v) is 5.62. The van der Waals surface area contributed by atoms with Crippen molar-refractivity contribution in [3.63, 3.8) is 0 Å². The fraction of sp³-hybridized carbons (Fsp3) is 0.267. The predicted octanol–water partition coefficient (Wildman–Crippen LogP) is 2.93. The molecule has 1 amide bonds. The van der Waals surface area contributed by atoms with Crippen LogP contribution in [0.4, 0.5) is 0 Å². The van der Waals surface area contributed by atoms with E-state index >= 15 is 0 Å². The topological polar surface area (TPSA) is 55.1 Å². The third kappa shape index (κ3) is 3.43. The lowest BCUT2D eigenvalue weighted by Gasteiger charge is -2.17. The summed E-state index contributed by atoms with van der Waals surface area (Å²) in [5.41, 5.74) is 8.21. The molecule has 2 aromatic rings. The molecule has 4 heteroatoms. The van der Waals surface area contributed by atoms with Gasteiger partial charge in [-0.25, -0.2) is 0 Å². The van der Waals surface area contributed by atoms with E-state index in [1.54, 1.807) is 0 Å². The number of hydrogen-bond acceptors (Lipinski definition) is 3. The summed E-state index contributed by atoms with van der Waals surface area (Å²) >= 11 is 1.50. The Morgan fingerprint density at radius 3 is 2.74 bits per heavy atom. The van der Waals surface area contributed by atoms with Crippen molar-refractivity contribution < 1.29 is 4.79 Å². The van der Waals surface area contributed by atoms with E-state index in [1.165, 1.54) is 16.9 Å². The van der Waals surface area contributed by atoms with E-state index in [9.17, 15) is 4.79 Å². The SMILES string of the molecule is Cc1cccc([C@@H](C)NC(=O)C(N)c2cccs2)c1. The average molecular weight is 274 g/mol. The summed E-state index contributed by atoms with van der Waals surface area (Å²) in [6, 6.07) is 11.3. The molecule has 0 radical (unpaired) electrons. The van der Waals surface area contributed by atoms with E-state index in [-0.39, 0.29) is 11.9 Å². The molecule has 0 saturated carbocycles. The van der Waals surface area contributed by atoms with Crippen LogP contribution in [0.15, 0.2) is 41.8 Å². The van der Waals surface area contributed by atoms with Crippen LogP contribution in [0.2, 0.25) is 0 Å². The van der Waals surface area contributed by atoms with Crippen LogP contribution in [-0.2, 0) is 4.79 Å². The molecule has 3 nitrogen and oxygen atoms in total. The maximum atomic E-state index is 12.1. The van der Waals surface area contributed by atoms with Gasteiger partial charge in [0, 0.05) is 4.88 Å². The number of benzene rings is 1. The summed E-state index contributed by atoms with van der Waals surface area (Å²) < 4.78 is 0. The van der Waals surface area contributed by atoms with Gasteiger partial charge < -0.3 is 11.1 Å². The number of aryl methyl sites for hydroxylation is 1. The van der Waals surface area contributed by atoms with Gasteiger partial charge in [0.25, 0.3) is 0 Å². The van der Waals surface area contributed by atoms with Crippen LogP contribution < -0.4 is 11.1 Å². The Kier molecular flexibility index (Phi) is 4.35. The number of thiophene rings is 1. The fourth-order valence-corrected chi connectivity index (χ4v) is 2.65. The number of carbonyl (C=O) groups excluding carboxylic acids is 1. The van der Waals surface area contributed by atoms with Crippen molar-refractivity contribution in [2.75, 3.05) is 0 Å². The Labute approximate surface area is 117 Å². The lowest BCUT2D eigenvalue weighted by atomic mass is 10.1. The maximum absolute atomic E-state index is 12.1. The molecular formula is C15H18N2OS. The summed E-state index contributed by atoms with van der Waals surface area (Å²) in [4.78, 5) is 13.0. The number of nitrogens with two attached hydrogens (primary N) is 1. The molecule has 1 aromatic heterocycles. The molecule has 1 unspecified atom stereocenters. The van der Waals surface area contributed by atoms with Crippen molar-refractivity contribution >= 4 is 17.2 Å². The number of rotatable bonds is 4. The molecule has 0 fully saturated rings. The van der Waals surface area contributed by atoms with Crippen molar-refractivity contribution in [1.82, 2.24) is 5.32 Å². The van der Waals surface area contributed by atoms with Crippen LogP contribution in [0.25, 0.3) is 0 Å². The standard InChI is InChI=1S/C15H18N2OS/c1-10-5-3-6-12(9-10)11(2)17-15(18)14(16)13-7-4-8-19-13/h3-9,11,14H,16H2,1-2H3,(H,17,18)/t11-,14?/m1/s1. The van der Waals surface area contributed by atoms with Crippen LogP contribution in [0.3, 0.4) is 0 Å². The van der Waals surface area contributed by atoms with Crippen LogP contribution in [-0.4, -0.2) is 5.91 Å². The number of hydrogen-bond donors (Lipinski definition) is 2. The van der Waals surface area contributed by atoms with Crippen molar-refractivity contribution in [2.24, 2.45) is 5.73 Å². The summed E-state index contributed by atoms with van der Waals surface area (Å²) in [7, 11) is 0. The minimum atomic E-state index is -0.591. The van der Waals surface area contributed by atoms with Crippen molar-refractivity contribution in [2.45, 2.75) is 25.9 Å². The second-order valence-electron chi connectivity index (χ2n) is 4.64. The maximum Gasteiger partial charge on any atom is 0.242 e. The first-order valence-corrected chi connectivity index (χ1v) is 7.12. The van der Waals surface area contributed by atoms with Crippen LogP contribution in [0.1, 0.15) is 35.0 Å². The van der Waals surface area contributed by atoms with Gasteiger partial charge in [-0.15, -0.1) is 11.3 Å². The van der Waals surface area contributed by atoms with Crippen LogP contribution in [0.5, 0.6) is 0 Å². The Morgan fingerprint density at radius 1 is 1.32 bits per heavy atom. The molecule has 0 spiro atoms. The van der Waals surface area contributed by atoms with E-state index in [4.69, 9.17) is 5.73 Å². The minimum absolute atomic E-state index is 0.0431. The van der Waals surface area contributed by atoms with E-state index in [0.29, 0.717) is 0 Å². The van der Waals surface area contributed by atoms with E-state index in [2.05, 4.69) is 11.4 Å². The first-order chi connectivity index (χ1) is 9.08. The lowest BCUT2D eigenvalue weighted by molar-refractivity contribution is -0.123. The van der Waals surface area contributed by atoms with Crippen molar-refractivity contribution in [3.05, 3.63) is 57.8 Å². The zero-order chi connectivity index (χ0) is 13.8. The zero-order valence-electron chi connectivity index (χ0n) is 11.1. The van der Waals surface area contributed by atoms with Gasteiger partial charge in [-0.05, 0) is 30.9 Å². The van der Waals surface area contributed by atoms with Crippen molar-refractivity contribution in [1.29, 1.82) is 0 Å². The Bertz CT molecular complexity index is 551. The second kappa shape index (κ2) is 5.99. The predicted molar refractivity (Wildman–Crippen MR) is 79.0 cm³/mol. The highest BCUT2D eigenvalue weighted by Crippen LogP contribution is 2.19. The first-order valence-electron chi connectivity index (χ1n) is 6.24. The molecule has 0 aliphatic carbocycles. The Balaban J connectivity index is 2.03.